The van der Waals surface area contributed by atoms with E-state index in [0.717, 1.165) is 29.7 Å². The smallest absolute Gasteiger partial charge is 0.263 e. The number of aryl methyl sites for hydroxylation is 3. The monoisotopic (exact) mass is 492 g/mol. The molecule has 0 saturated heterocycles. The van der Waals surface area contributed by atoms with Crippen LogP contribution < -0.4 is 10.3 Å². The molecular weight excluding hydrogens is 464 g/mol. The minimum absolute atomic E-state index is 0.0778. The van der Waals surface area contributed by atoms with Crippen molar-refractivity contribution in [1.82, 2.24) is 14.7 Å². The molecule has 182 valence electrons. The molecule has 4 aromatic rings. The van der Waals surface area contributed by atoms with Crippen molar-refractivity contribution in [3.8, 4) is 11.1 Å². The summed E-state index contributed by atoms with van der Waals surface area (Å²) in [6.45, 7) is 7.74. The molecule has 0 unspecified atom stereocenters. The van der Waals surface area contributed by atoms with Crippen molar-refractivity contribution in [3.63, 3.8) is 0 Å². The van der Waals surface area contributed by atoms with E-state index in [1.54, 1.807) is 48.7 Å². The van der Waals surface area contributed by atoms with E-state index < -0.39 is 10.0 Å². The van der Waals surface area contributed by atoms with E-state index in [0.29, 0.717) is 29.3 Å². The standard InChI is InChI=1S/C26H28N4O4S/c1-5-8-22-15-25(31)30(19(4)27-22)16-20-11-13-21(14-12-20)23-9-6-7-10-24(23)35(32,33)29-26-17(2)18(3)34-28-26/h6-7,9-15H,5,8,16H2,1-4H3,(H,28,29). The van der Waals surface area contributed by atoms with Gasteiger partial charge in [0.25, 0.3) is 15.6 Å². The number of hydrogen-bond donors (Lipinski definition) is 1. The Bertz CT molecular complexity index is 1520. The minimum atomic E-state index is -3.91. The Morgan fingerprint density at radius 1 is 1.03 bits per heavy atom. The first-order valence-corrected chi connectivity index (χ1v) is 12.9. The fourth-order valence-corrected chi connectivity index (χ4v) is 5.15. The lowest BCUT2D eigenvalue weighted by Crippen LogP contribution is -2.24. The third-order valence-electron chi connectivity index (χ3n) is 5.93. The van der Waals surface area contributed by atoms with E-state index >= 15 is 0 Å². The lowest BCUT2D eigenvalue weighted by molar-refractivity contribution is 0.399. The van der Waals surface area contributed by atoms with E-state index in [1.807, 2.05) is 31.2 Å². The second-order valence-corrected chi connectivity index (χ2v) is 10.1. The van der Waals surface area contributed by atoms with E-state index in [2.05, 4.69) is 21.8 Å². The zero-order valence-corrected chi connectivity index (χ0v) is 21.0. The Hall–Kier alpha value is -3.72. The Morgan fingerprint density at radius 3 is 2.37 bits per heavy atom. The molecule has 9 heteroatoms. The van der Waals surface area contributed by atoms with Crippen molar-refractivity contribution in [3.05, 3.63) is 93.4 Å². The van der Waals surface area contributed by atoms with E-state index in [1.165, 1.54) is 0 Å². The van der Waals surface area contributed by atoms with Crippen molar-refractivity contribution in [2.24, 2.45) is 0 Å². The molecule has 0 bridgehead atoms. The fourth-order valence-electron chi connectivity index (χ4n) is 3.86. The van der Waals surface area contributed by atoms with Crippen LogP contribution in [0.2, 0.25) is 0 Å². The van der Waals surface area contributed by atoms with Gasteiger partial charge in [-0.2, -0.15) is 0 Å². The molecule has 0 aliphatic carbocycles. The number of hydrogen-bond acceptors (Lipinski definition) is 6. The first-order chi connectivity index (χ1) is 16.7. The molecule has 0 amide bonds. The molecule has 0 aliphatic heterocycles. The van der Waals surface area contributed by atoms with Crippen molar-refractivity contribution in [2.45, 2.75) is 52.0 Å². The molecule has 0 spiro atoms. The molecule has 2 aromatic heterocycles. The second kappa shape index (κ2) is 9.87. The molecule has 2 aromatic carbocycles. The van der Waals surface area contributed by atoms with Crippen molar-refractivity contribution < 1.29 is 12.9 Å². The van der Waals surface area contributed by atoms with Gasteiger partial charge >= 0.3 is 0 Å². The lowest BCUT2D eigenvalue weighted by Gasteiger charge is -2.13. The molecule has 0 radical (unpaired) electrons. The molecule has 8 nitrogen and oxygen atoms in total. The van der Waals surface area contributed by atoms with Gasteiger partial charge in [-0.3, -0.25) is 14.1 Å². The molecule has 0 fully saturated rings. The highest BCUT2D eigenvalue weighted by Gasteiger charge is 2.22. The third kappa shape index (κ3) is 5.19. The summed E-state index contributed by atoms with van der Waals surface area (Å²) < 4.78 is 35.6. The van der Waals surface area contributed by atoms with Crippen molar-refractivity contribution >= 4 is 15.8 Å². The minimum Gasteiger partial charge on any atom is -0.359 e. The summed E-state index contributed by atoms with van der Waals surface area (Å²) in [6, 6.07) is 15.9. The summed E-state index contributed by atoms with van der Waals surface area (Å²) >= 11 is 0. The van der Waals surface area contributed by atoms with Crippen LogP contribution in [-0.2, 0) is 23.0 Å². The van der Waals surface area contributed by atoms with Gasteiger partial charge in [-0.05, 0) is 44.4 Å². The Morgan fingerprint density at radius 2 is 1.74 bits per heavy atom. The van der Waals surface area contributed by atoms with Gasteiger partial charge in [-0.1, -0.05) is 61.0 Å². The Labute approximate surface area is 204 Å². The molecule has 0 aliphatic rings. The maximum atomic E-state index is 13.2. The summed E-state index contributed by atoms with van der Waals surface area (Å²) in [6.07, 6.45) is 1.71. The van der Waals surface area contributed by atoms with Crippen LogP contribution in [0.3, 0.4) is 0 Å². The normalized spacial score (nSPS) is 11.5. The maximum absolute atomic E-state index is 13.2. The van der Waals surface area contributed by atoms with Gasteiger partial charge in [0.2, 0.25) is 0 Å². The highest BCUT2D eigenvalue weighted by molar-refractivity contribution is 7.92. The number of aromatic nitrogens is 3. The molecular formula is C26H28N4O4S. The van der Waals surface area contributed by atoms with Crippen LogP contribution in [0.5, 0.6) is 0 Å². The van der Waals surface area contributed by atoms with E-state index in [9.17, 15) is 13.2 Å². The highest BCUT2D eigenvalue weighted by atomic mass is 32.2. The average molecular weight is 493 g/mol. The number of nitrogens with one attached hydrogen (secondary N) is 1. The fraction of sp³-hybridized carbons (Fsp3) is 0.269. The van der Waals surface area contributed by atoms with Crippen molar-refractivity contribution in [2.75, 3.05) is 4.72 Å². The largest absolute Gasteiger partial charge is 0.359 e. The molecule has 0 atom stereocenters. The summed E-state index contributed by atoms with van der Waals surface area (Å²) in [5.41, 5.74) is 3.58. The number of nitrogens with zero attached hydrogens (tertiary/aromatic N) is 3. The molecule has 35 heavy (non-hydrogen) atoms. The van der Waals surface area contributed by atoms with Crippen LogP contribution in [-0.4, -0.2) is 23.1 Å². The third-order valence-corrected chi connectivity index (χ3v) is 7.33. The summed E-state index contributed by atoms with van der Waals surface area (Å²) in [5.74, 6) is 1.40. The number of rotatable bonds is 8. The molecule has 0 saturated carbocycles. The van der Waals surface area contributed by atoms with Crippen LogP contribution in [0.1, 0.15) is 41.8 Å². The second-order valence-electron chi connectivity index (χ2n) is 8.48. The topological polar surface area (TPSA) is 107 Å². The van der Waals surface area contributed by atoms with E-state index in [4.69, 9.17) is 4.52 Å². The van der Waals surface area contributed by atoms with Crippen LogP contribution >= 0.6 is 0 Å². The zero-order chi connectivity index (χ0) is 25.2. The maximum Gasteiger partial charge on any atom is 0.263 e. The van der Waals surface area contributed by atoms with Gasteiger partial charge < -0.3 is 4.52 Å². The van der Waals surface area contributed by atoms with E-state index in [-0.39, 0.29) is 16.3 Å². The molecule has 4 rings (SSSR count). The predicted octanol–water partition coefficient (Wildman–Crippen LogP) is 4.63. The van der Waals surface area contributed by atoms with Gasteiger partial charge in [0.05, 0.1) is 11.4 Å². The number of anilines is 1. The van der Waals surface area contributed by atoms with Gasteiger partial charge in [0.15, 0.2) is 5.82 Å². The zero-order valence-electron chi connectivity index (χ0n) is 20.2. The highest BCUT2D eigenvalue weighted by Crippen LogP contribution is 2.30. The van der Waals surface area contributed by atoms with Gasteiger partial charge in [-0.15, -0.1) is 0 Å². The van der Waals surface area contributed by atoms with Crippen LogP contribution in [0.15, 0.2) is 68.8 Å². The van der Waals surface area contributed by atoms with Crippen molar-refractivity contribution in [1.29, 1.82) is 0 Å². The number of sulfonamides is 1. The van der Waals surface area contributed by atoms with Gasteiger partial charge in [0, 0.05) is 22.9 Å². The van der Waals surface area contributed by atoms with Crippen LogP contribution in [0.4, 0.5) is 5.82 Å². The molecule has 1 N–H and O–H groups in total. The number of benzene rings is 2. The Kier molecular flexibility index (Phi) is 6.88. The SMILES string of the molecule is CCCc1cc(=O)n(Cc2ccc(-c3ccccc3S(=O)(=O)Nc3noc(C)c3C)cc2)c(C)n1. The average Bonchev–Trinajstić information content (AvgIpc) is 3.14. The summed E-state index contributed by atoms with van der Waals surface area (Å²) in [5, 5.41) is 3.81. The van der Waals surface area contributed by atoms with Gasteiger partial charge in [0.1, 0.15) is 11.6 Å². The molecule has 2 heterocycles. The lowest BCUT2D eigenvalue weighted by atomic mass is 10.0. The predicted molar refractivity (Wildman–Crippen MR) is 135 cm³/mol. The van der Waals surface area contributed by atoms with Gasteiger partial charge in [-0.25, -0.2) is 13.4 Å². The first kappa shape index (κ1) is 24.4. The summed E-state index contributed by atoms with van der Waals surface area (Å²) in [4.78, 5) is 17.3. The van der Waals surface area contributed by atoms with Crippen LogP contribution in [0, 0.1) is 20.8 Å². The van der Waals surface area contributed by atoms with Crippen LogP contribution in [0.25, 0.3) is 11.1 Å². The quantitative estimate of drug-likeness (QED) is 0.384. The summed E-state index contributed by atoms with van der Waals surface area (Å²) in [7, 11) is -3.91. The Balaban J connectivity index is 1.61. The first-order valence-electron chi connectivity index (χ1n) is 11.4.